The molecular weight excluding hydrogens is 202 g/mol. The molecule has 86 valence electrons. The number of carbonyl (C=O) groups is 1. The van der Waals surface area contributed by atoms with Gasteiger partial charge in [0.25, 0.3) is 0 Å². The number of benzene rings is 1. The Hall–Kier alpha value is -1.51. The van der Waals surface area contributed by atoms with Gasteiger partial charge in [-0.25, -0.2) is 0 Å². The number of rotatable bonds is 2. The molecule has 2 rings (SSSR count). The molecule has 0 heterocycles. The van der Waals surface area contributed by atoms with Gasteiger partial charge in [0.2, 0.25) is 5.91 Å². The first-order valence-electron chi connectivity index (χ1n) is 5.50. The van der Waals surface area contributed by atoms with Crippen LogP contribution < -0.4 is 5.32 Å². The van der Waals surface area contributed by atoms with E-state index in [0.29, 0.717) is 5.69 Å². The van der Waals surface area contributed by atoms with Gasteiger partial charge in [-0.05, 0) is 36.5 Å². The second kappa shape index (κ2) is 3.51. The minimum atomic E-state index is 0.00385. The fourth-order valence-corrected chi connectivity index (χ4v) is 1.88. The number of anilines is 1. The number of hydrogen-bond donors (Lipinski definition) is 2. The van der Waals surface area contributed by atoms with Crippen molar-refractivity contribution in [3.05, 3.63) is 23.8 Å². The molecule has 2 N–H and O–H groups in total. The third-order valence-corrected chi connectivity index (χ3v) is 3.24. The van der Waals surface area contributed by atoms with Crippen molar-refractivity contribution in [2.24, 2.45) is 11.3 Å². The van der Waals surface area contributed by atoms with Gasteiger partial charge in [-0.1, -0.05) is 19.9 Å². The van der Waals surface area contributed by atoms with E-state index in [1.807, 2.05) is 13.0 Å². The molecule has 0 spiro atoms. The monoisotopic (exact) mass is 219 g/mol. The molecule has 0 saturated heterocycles. The van der Waals surface area contributed by atoms with Gasteiger partial charge in [-0.2, -0.15) is 0 Å². The minimum absolute atomic E-state index is 0.00385. The predicted octanol–water partition coefficient (Wildman–Crippen LogP) is 2.69. The van der Waals surface area contributed by atoms with E-state index in [9.17, 15) is 9.90 Å². The summed E-state index contributed by atoms with van der Waals surface area (Å²) in [5.74, 6) is 0.212. The van der Waals surface area contributed by atoms with Gasteiger partial charge < -0.3 is 10.4 Å². The van der Waals surface area contributed by atoms with Crippen LogP contribution in [0.2, 0.25) is 0 Å². The standard InChI is InChI=1S/C13H17NO2/c1-8-4-5-10(11(15)6-8)14-12(16)9-7-13(9,2)3/h4-6,9,15H,7H2,1-3H3,(H,14,16). The van der Waals surface area contributed by atoms with E-state index >= 15 is 0 Å². The van der Waals surface area contributed by atoms with Crippen LogP contribution in [0.3, 0.4) is 0 Å². The number of aryl methyl sites for hydroxylation is 1. The second-order valence-corrected chi connectivity index (χ2v) is 5.26. The van der Waals surface area contributed by atoms with Crippen LogP contribution in [-0.2, 0) is 4.79 Å². The lowest BCUT2D eigenvalue weighted by Crippen LogP contribution is -2.16. The lowest BCUT2D eigenvalue weighted by atomic mass is 10.1. The van der Waals surface area contributed by atoms with Crippen molar-refractivity contribution >= 4 is 11.6 Å². The zero-order valence-corrected chi connectivity index (χ0v) is 9.87. The summed E-state index contributed by atoms with van der Waals surface area (Å²) in [4.78, 5) is 11.8. The van der Waals surface area contributed by atoms with E-state index in [4.69, 9.17) is 0 Å². The average molecular weight is 219 g/mol. The zero-order valence-electron chi connectivity index (χ0n) is 9.87. The number of nitrogens with one attached hydrogen (secondary N) is 1. The lowest BCUT2D eigenvalue weighted by Gasteiger charge is -2.08. The fourth-order valence-electron chi connectivity index (χ4n) is 1.88. The summed E-state index contributed by atoms with van der Waals surface area (Å²) >= 11 is 0. The van der Waals surface area contributed by atoms with E-state index < -0.39 is 0 Å². The van der Waals surface area contributed by atoms with Crippen molar-refractivity contribution in [3.63, 3.8) is 0 Å². The highest BCUT2D eigenvalue weighted by atomic mass is 16.3. The van der Waals surface area contributed by atoms with Crippen LogP contribution in [0.15, 0.2) is 18.2 Å². The molecule has 16 heavy (non-hydrogen) atoms. The van der Waals surface area contributed by atoms with Crippen molar-refractivity contribution in [3.8, 4) is 5.75 Å². The topological polar surface area (TPSA) is 49.3 Å². The van der Waals surface area contributed by atoms with Crippen LogP contribution in [0.1, 0.15) is 25.8 Å². The van der Waals surface area contributed by atoms with Crippen molar-refractivity contribution < 1.29 is 9.90 Å². The van der Waals surface area contributed by atoms with Crippen LogP contribution in [-0.4, -0.2) is 11.0 Å². The second-order valence-electron chi connectivity index (χ2n) is 5.26. The molecule has 1 aliphatic carbocycles. The molecule has 0 radical (unpaired) electrons. The third-order valence-electron chi connectivity index (χ3n) is 3.24. The first-order chi connectivity index (χ1) is 7.40. The smallest absolute Gasteiger partial charge is 0.228 e. The maximum atomic E-state index is 11.8. The molecule has 1 saturated carbocycles. The SMILES string of the molecule is Cc1ccc(NC(=O)C2CC2(C)C)c(O)c1. The maximum Gasteiger partial charge on any atom is 0.228 e. The Morgan fingerprint density at radius 1 is 1.50 bits per heavy atom. The predicted molar refractivity (Wildman–Crippen MR) is 63.4 cm³/mol. The average Bonchev–Trinajstić information content (AvgIpc) is 2.80. The number of phenolic OH excluding ortho intramolecular Hbond substituents is 1. The molecule has 1 amide bonds. The van der Waals surface area contributed by atoms with Gasteiger partial charge in [0.1, 0.15) is 5.75 Å². The zero-order chi connectivity index (χ0) is 11.9. The molecule has 1 fully saturated rings. The normalized spacial score (nSPS) is 21.6. The highest BCUT2D eigenvalue weighted by Crippen LogP contribution is 2.52. The van der Waals surface area contributed by atoms with Crippen LogP contribution in [0.5, 0.6) is 5.75 Å². The first kappa shape index (κ1) is 11.0. The van der Waals surface area contributed by atoms with E-state index in [0.717, 1.165) is 12.0 Å². The Morgan fingerprint density at radius 3 is 2.62 bits per heavy atom. The van der Waals surface area contributed by atoms with Crippen molar-refractivity contribution in [1.29, 1.82) is 0 Å². The van der Waals surface area contributed by atoms with Crippen LogP contribution >= 0.6 is 0 Å². The molecule has 1 unspecified atom stereocenters. The molecule has 0 bridgehead atoms. The van der Waals surface area contributed by atoms with E-state index in [1.54, 1.807) is 12.1 Å². The van der Waals surface area contributed by atoms with Gasteiger partial charge in [0.05, 0.1) is 5.69 Å². The van der Waals surface area contributed by atoms with Gasteiger partial charge in [0, 0.05) is 5.92 Å². The van der Waals surface area contributed by atoms with E-state index in [2.05, 4.69) is 19.2 Å². The molecule has 1 aromatic rings. The Labute approximate surface area is 95.5 Å². The molecule has 0 aliphatic heterocycles. The number of phenols is 1. The third kappa shape index (κ3) is 2.03. The van der Waals surface area contributed by atoms with Gasteiger partial charge in [-0.3, -0.25) is 4.79 Å². The van der Waals surface area contributed by atoms with Crippen molar-refractivity contribution in [1.82, 2.24) is 0 Å². The first-order valence-corrected chi connectivity index (χ1v) is 5.50. The maximum absolute atomic E-state index is 11.8. The summed E-state index contributed by atoms with van der Waals surface area (Å²) in [5, 5.41) is 12.4. The molecule has 1 aliphatic rings. The lowest BCUT2D eigenvalue weighted by molar-refractivity contribution is -0.118. The Kier molecular flexibility index (Phi) is 2.41. The minimum Gasteiger partial charge on any atom is -0.506 e. The largest absolute Gasteiger partial charge is 0.506 e. The highest BCUT2D eigenvalue weighted by molar-refractivity contribution is 5.96. The van der Waals surface area contributed by atoms with Crippen molar-refractivity contribution in [2.45, 2.75) is 27.2 Å². The van der Waals surface area contributed by atoms with Crippen LogP contribution in [0.4, 0.5) is 5.69 Å². The van der Waals surface area contributed by atoms with E-state index in [1.165, 1.54) is 0 Å². The van der Waals surface area contributed by atoms with Gasteiger partial charge in [0.15, 0.2) is 0 Å². The Balaban J connectivity index is 2.07. The summed E-state index contributed by atoms with van der Waals surface area (Å²) < 4.78 is 0. The Morgan fingerprint density at radius 2 is 2.12 bits per heavy atom. The van der Waals surface area contributed by atoms with E-state index in [-0.39, 0.29) is 23.0 Å². The van der Waals surface area contributed by atoms with Crippen LogP contribution in [0.25, 0.3) is 0 Å². The highest BCUT2D eigenvalue weighted by Gasteiger charge is 2.50. The number of hydrogen-bond acceptors (Lipinski definition) is 2. The molecule has 1 atom stereocenters. The van der Waals surface area contributed by atoms with Gasteiger partial charge >= 0.3 is 0 Å². The van der Waals surface area contributed by atoms with Gasteiger partial charge in [-0.15, -0.1) is 0 Å². The summed E-state index contributed by atoms with van der Waals surface area (Å²) in [6.07, 6.45) is 0.922. The molecular formula is C13H17NO2. The quantitative estimate of drug-likeness (QED) is 0.751. The molecule has 0 aromatic heterocycles. The molecule has 1 aromatic carbocycles. The molecule has 3 heteroatoms. The number of amides is 1. The summed E-state index contributed by atoms with van der Waals surface area (Å²) in [6.45, 7) is 6.05. The summed E-state index contributed by atoms with van der Waals surface area (Å²) in [7, 11) is 0. The Bertz CT molecular complexity index is 438. The van der Waals surface area contributed by atoms with Crippen molar-refractivity contribution in [2.75, 3.05) is 5.32 Å². The number of carbonyl (C=O) groups excluding carboxylic acids is 1. The molecule has 3 nitrogen and oxygen atoms in total. The van der Waals surface area contributed by atoms with Crippen LogP contribution in [0, 0.1) is 18.3 Å². The summed E-state index contributed by atoms with van der Waals surface area (Å²) in [5.41, 5.74) is 1.59. The fraction of sp³-hybridized carbons (Fsp3) is 0.462. The number of aromatic hydroxyl groups is 1. The summed E-state index contributed by atoms with van der Waals surface area (Å²) in [6, 6.07) is 5.25.